The molecule has 0 saturated heterocycles. The number of H-pyrrole nitrogens is 1. The van der Waals surface area contributed by atoms with Gasteiger partial charge in [-0.1, -0.05) is 0 Å². The van der Waals surface area contributed by atoms with E-state index in [2.05, 4.69) is 0 Å². The molecule has 0 amide bonds. The molecule has 0 aliphatic heterocycles. The number of nitrogens with one attached hydrogen (secondary N) is 1. The second-order valence-electron chi connectivity index (χ2n) is 2.38. The van der Waals surface area contributed by atoms with Crippen LogP contribution in [0.3, 0.4) is 0 Å². The lowest BCUT2D eigenvalue weighted by molar-refractivity contribution is 0.0682. The predicted octanol–water partition coefficient (Wildman–Crippen LogP) is 1.15. The van der Waals surface area contributed by atoms with Gasteiger partial charge in [0.05, 0.1) is 11.1 Å². The Morgan fingerprint density at radius 2 is 2.07 bits per heavy atom. The van der Waals surface area contributed by atoms with E-state index >= 15 is 0 Å². The van der Waals surface area contributed by atoms with Gasteiger partial charge in [0.1, 0.15) is 0 Å². The lowest BCUT2D eigenvalue weighted by atomic mass is 10.1. The van der Waals surface area contributed by atoms with Crippen molar-refractivity contribution in [1.29, 1.82) is 0 Å². The molecule has 0 atom stereocenters. The van der Waals surface area contributed by atoms with Crippen LogP contribution in [-0.4, -0.2) is 16.1 Å². The van der Waals surface area contributed by atoms with E-state index in [1.165, 1.54) is 4.98 Å². The number of halogens is 3. The van der Waals surface area contributed by atoms with E-state index < -0.39 is 35.0 Å². The first-order valence-electron chi connectivity index (χ1n) is 3.37. The molecule has 0 bridgehead atoms. The Kier molecular flexibility index (Phi) is 2.59. The summed E-state index contributed by atoms with van der Waals surface area (Å²) in [5, 5.41) is 8.41. The van der Waals surface area contributed by atoms with Gasteiger partial charge >= 0.3 is 5.97 Å². The van der Waals surface area contributed by atoms with Crippen LogP contribution in [-0.2, 0) is 0 Å². The number of carboxylic acids is 1. The van der Waals surface area contributed by atoms with Crippen LogP contribution < -0.4 is 5.56 Å². The Morgan fingerprint density at radius 1 is 1.50 bits per heavy atom. The lowest BCUT2D eigenvalue weighted by Gasteiger charge is -2.02. The van der Waals surface area contributed by atoms with Gasteiger partial charge in [0.25, 0.3) is 12.0 Å². The molecule has 0 saturated carbocycles. The number of pyridine rings is 1. The molecule has 1 heterocycles. The summed E-state index contributed by atoms with van der Waals surface area (Å²) >= 11 is 0. The Balaban J connectivity index is 3.53. The van der Waals surface area contributed by atoms with Crippen LogP contribution in [0.25, 0.3) is 0 Å². The summed E-state index contributed by atoms with van der Waals surface area (Å²) < 4.78 is 36.8. The molecular formula is C7H4F3NO3. The van der Waals surface area contributed by atoms with Crippen molar-refractivity contribution in [2.45, 2.75) is 6.43 Å². The third-order valence-electron chi connectivity index (χ3n) is 1.49. The minimum Gasteiger partial charge on any atom is -0.478 e. The zero-order chi connectivity index (χ0) is 10.9. The van der Waals surface area contributed by atoms with Gasteiger partial charge in [0.15, 0.2) is 5.95 Å². The van der Waals surface area contributed by atoms with Crippen molar-refractivity contribution < 1.29 is 23.1 Å². The molecular weight excluding hydrogens is 203 g/mol. The monoisotopic (exact) mass is 207 g/mol. The molecule has 0 aliphatic rings. The Bertz CT molecular complexity index is 427. The van der Waals surface area contributed by atoms with Crippen molar-refractivity contribution in [3.05, 3.63) is 33.5 Å². The molecule has 0 radical (unpaired) electrons. The zero-order valence-electron chi connectivity index (χ0n) is 6.55. The number of rotatable bonds is 2. The first kappa shape index (κ1) is 10.3. The molecule has 76 valence electrons. The van der Waals surface area contributed by atoms with Gasteiger partial charge < -0.3 is 5.11 Å². The van der Waals surface area contributed by atoms with Crippen molar-refractivity contribution >= 4 is 5.97 Å². The summed E-state index contributed by atoms with van der Waals surface area (Å²) in [5.41, 5.74) is -3.70. The zero-order valence-corrected chi connectivity index (χ0v) is 6.55. The summed E-state index contributed by atoms with van der Waals surface area (Å²) in [4.78, 5) is 22.6. The third kappa shape index (κ3) is 1.76. The minimum atomic E-state index is -3.26. The maximum atomic E-state index is 12.5. The molecule has 0 aliphatic carbocycles. The fraction of sp³-hybridized carbons (Fsp3) is 0.143. The van der Waals surface area contributed by atoms with E-state index in [-0.39, 0.29) is 0 Å². The molecule has 4 nitrogen and oxygen atoms in total. The number of carboxylic acid groups (broad SMARTS) is 1. The van der Waals surface area contributed by atoms with Crippen LogP contribution in [0, 0.1) is 5.95 Å². The number of carbonyl (C=O) groups is 1. The summed E-state index contributed by atoms with van der Waals surface area (Å²) in [6.45, 7) is 0. The molecule has 14 heavy (non-hydrogen) atoms. The van der Waals surface area contributed by atoms with Gasteiger partial charge in [0.2, 0.25) is 0 Å². The molecule has 1 aromatic heterocycles. The number of hydrogen-bond acceptors (Lipinski definition) is 2. The Hall–Kier alpha value is -1.79. The second-order valence-corrected chi connectivity index (χ2v) is 2.38. The maximum Gasteiger partial charge on any atom is 0.336 e. The normalized spacial score (nSPS) is 10.6. The maximum absolute atomic E-state index is 12.5. The summed E-state index contributed by atoms with van der Waals surface area (Å²) in [6.07, 6.45) is -3.26. The fourth-order valence-corrected chi connectivity index (χ4v) is 0.932. The average molecular weight is 207 g/mol. The highest BCUT2D eigenvalue weighted by Crippen LogP contribution is 2.19. The topological polar surface area (TPSA) is 70.2 Å². The third-order valence-corrected chi connectivity index (χ3v) is 1.49. The van der Waals surface area contributed by atoms with Gasteiger partial charge in [-0.2, -0.15) is 4.39 Å². The first-order chi connectivity index (χ1) is 6.43. The lowest BCUT2D eigenvalue weighted by Crippen LogP contribution is -2.20. The van der Waals surface area contributed by atoms with Crippen LogP contribution >= 0.6 is 0 Å². The fourth-order valence-electron chi connectivity index (χ4n) is 0.932. The van der Waals surface area contributed by atoms with Gasteiger partial charge in [-0.25, -0.2) is 13.6 Å². The van der Waals surface area contributed by atoms with Crippen molar-refractivity contribution in [1.82, 2.24) is 4.98 Å². The van der Waals surface area contributed by atoms with Gasteiger partial charge in [-0.3, -0.25) is 9.78 Å². The van der Waals surface area contributed by atoms with E-state index in [1.54, 1.807) is 0 Å². The minimum absolute atomic E-state index is 0.339. The summed E-state index contributed by atoms with van der Waals surface area (Å²) in [5.74, 6) is -3.04. The second kappa shape index (κ2) is 3.52. The van der Waals surface area contributed by atoms with E-state index in [4.69, 9.17) is 5.11 Å². The van der Waals surface area contributed by atoms with Crippen molar-refractivity contribution in [3.8, 4) is 0 Å². The molecule has 0 unspecified atom stereocenters. The highest BCUT2D eigenvalue weighted by Gasteiger charge is 2.22. The highest BCUT2D eigenvalue weighted by atomic mass is 19.3. The number of alkyl halides is 2. The molecule has 1 aromatic rings. The van der Waals surface area contributed by atoms with Crippen molar-refractivity contribution in [3.63, 3.8) is 0 Å². The SMILES string of the molecule is O=C(O)c1cc(F)[nH]c(=O)c1C(F)F. The van der Waals surface area contributed by atoms with E-state index in [0.717, 1.165) is 0 Å². The molecule has 2 N–H and O–H groups in total. The first-order valence-corrected chi connectivity index (χ1v) is 3.37. The standard InChI is InChI=1S/C7H4F3NO3/c8-3-1-2(7(13)14)4(5(9)10)6(12)11-3/h1,5H,(H,11,12)(H,13,14). The van der Waals surface area contributed by atoms with Crippen LogP contribution in [0.2, 0.25) is 0 Å². The number of aromatic amines is 1. The Morgan fingerprint density at radius 3 is 2.50 bits per heavy atom. The van der Waals surface area contributed by atoms with Crippen molar-refractivity contribution in [2.24, 2.45) is 0 Å². The molecule has 7 heteroatoms. The van der Waals surface area contributed by atoms with Crippen LogP contribution in [0.5, 0.6) is 0 Å². The van der Waals surface area contributed by atoms with Crippen molar-refractivity contribution in [2.75, 3.05) is 0 Å². The average Bonchev–Trinajstić information content (AvgIpc) is 2.01. The van der Waals surface area contributed by atoms with Gasteiger partial charge in [0, 0.05) is 6.07 Å². The molecule has 1 rings (SSSR count). The quantitative estimate of drug-likeness (QED) is 0.714. The van der Waals surface area contributed by atoms with Crippen LogP contribution in [0.4, 0.5) is 13.2 Å². The largest absolute Gasteiger partial charge is 0.478 e. The Labute approximate surface area is 75.0 Å². The summed E-state index contributed by atoms with van der Waals surface area (Å²) in [6, 6.07) is 0.339. The molecule has 0 aromatic carbocycles. The van der Waals surface area contributed by atoms with Crippen LogP contribution in [0.1, 0.15) is 22.3 Å². The van der Waals surface area contributed by atoms with E-state index in [1.807, 2.05) is 0 Å². The number of aromatic nitrogens is 1. The van der Waals surface area contributed by atoms with Gasteiger partial charge in [-0.05, 0) is 0 Å². The van der Waals surface area contributed by atoms with Crippen LogP contribution in [0.15, 0.2) is 10.9 Å². The molecule has 0 fully saturated rings. The predicted molar refractivity (Wildman–Crippen MR) is 38.9 cm³/mol. The molecule has 0 spiro atoms. The summed E-state index contributed by atoms with van der Waals surface area (Å²) in [7, 11) is 0. The van der Waals surface area contributed by atoms with E-state index in [0.29, 0.717) is 6.07 Å². The number of hydrogen-bond donors (Lipinski definition) is 2. The smallest absolute Gasteiger partial charge is 0.336 e. The van der Waals surface area contributed by atoms with Gasteiger partial charge in [-0.15, -0.1) is 0 Å². The highest BCUT2D eigenvalue weighted by molar-refractivity contribution is 5.89. The van der Waals surface area contributed by atoms with E-state index in [9.17, 15) is 22.8 Å². The number of aromatic carboxylic acids is 1.